The first-order chi connectivity index (χ1) is 6.29. The van der Waals surface area contributed by atoms with Crippen LogP contribution < -0.4 is 5.73 Å². The Labute approximate surface area is 77.1 Å². The minimum atomic E-state index is 0.0859. The summed E-state index contributed by atoms with van der Waals surface area (Å²) in [5, 5.41) is 0. The lowest BCUT2D eigenvalue weighted by molar-refractivity contribution is 0.0418. The van der Waals surface area contributed by atoms with Crippen molar-refractivity contribution in [2.24, 2.45) is 5.73 Å². The van der Waals surface area contributed by atoms with E-state index in [9.17, 15) is 0 Å². The summed E-state index contributed by atoms with van der Waals surface area (Å²) in [5.41, 5.74) is 5.39. The maximum absolute atomic E-state index is 5.63. The zero-order valence-corrected chi connectivity index (χ0v) is 7.69. The van der Waals surface area contributed by atoms with Crippen LogP contribution in [0.15, 0.2) is 10.6 Å². The SMILES string of the molecule is CC1CCC(c2cnc(CN)o2)O1. The summed E-state index contributed by atoms with van der Waals surface area (Å²) in [7, 11) is 0. The second kappa shape index (κ2) is 3.47. The maximum atomic E-state index is 5.63. The molecule has 2 N–H and O–H groups in total. The van der Waals surface area contributed by atoms with Gasteiger partial charge in [0.05, 0.1) is 18.8 Å². The third-order valence-corrected chi connectivity index (χ3v) is 2.30. The molecule has 1 aromatic rings. The highest BCUT2D eigenvalue weighted by molar-refractivity contribution is 5.00. The van der Waals surface area contributed by atoms with Crippen molar-refractivity contribution in [1.82, 2.24) is 4.98 Å². The molecular formula is C9H14N2O2. The molecule has 4 heteroatoms. The van der Waals surface area contributed by atoms with Crippen molar-refractivity contribution >= 4 is 0 Å². The lowest BCUT2D eigenvalue weighted by atomic mass is 10.2. The van der Waals surface area contributed by atoms with E-state index in [0.29, 0.717) is 18.5 Å². The Morgan fingerprint density at radius 3 is 3.00 bits per heavy atom. The summed E-state index contributed by atoms with van der Waals surface area (Å²) in [6.45, 7) is 2.42. The van der Waals surface area contributed by atoms with Crippen molar-refractivity contribution in [3.05, 3.63) is 17.8 Å². The van der Waals surface area contributed by atoms with Crippen LogP contribution in [0.25, 0.3) is 0 Å². The Morgan fingerprint density at radius 1 is 1.62 bits per heavy atom. The van der Waals surface area contributed by atoms with Crippen LogP contribution in [-0.4, -0.2) is 11.1 Å². The van der Waals surface area contributed by atoms with Gasteiger partial charge in [0.25, 0.3) is 0 Å². The molecule has 2 atom stereocenters. The molecule has 0 aromatic carbocycles. The standard InChI is InChI=1S/C9H14N2O2/c1-6-2-3-7(12-6)8-5-11-9(4-10)13-8/h5-7H,2-4,10H2,1H3. The number of nitrogens with zero attached hydrogens (tertiary/aromatic N) is 1. The molecular weight excluding hydrogens is 168 g/mol. The van der Waals surface area contributed by atoms with Gasteiger partial charge in [0.15, 0.2) is 5.76 Å². The monoisotopic (exact) mass is 182 g/mol. The van der Waals surface area contributed by atoms with Gasteiger partial charge in [-0.2, -0.15) is 0 Å². The topological polar surface area (TPSA) is 61.3 Å². The van der Waals surface area contributed by atoms with Gasteiger partial charge in [-0.05, 0) is 19.8 Å². The Hall–Kier alpha value is -0.870. The first-order valence-electron chi connectivity index (χ1n) is 4.59. The summed E-state index contributed by atoms with van der Waals surface area (Å²) in [4.78, 5) is 4.03. The summed E-state index contributed by atoms with van der Waals surface area (Å²) < 4.78 is 11.0. The second-order valence-corrected chi connectivity index (χ2v) is 3.37. The van der Waals surface area contributed by atoms with E-state index in [4.69, 9.17) is 14.9 Å². The Kier molecular flexibility index (Phi) is 2.33. The van der Waals surface area contributed by atoms with Gasteiger partial charge in [-0.1, -0.05) is 0 Å². The van der Waals surface area contributed by atoms with Gasteiger partial charge in [-0.15, -0.1) is 0 Å². The Bertz CT molecular complexity index is 285. The molecule has 1 aliphatic heterocycles. The molecule has 0 radical (unpaired) electrons. The van der Waals surface area contributed by atoms with Crippen LogP contribution in [0.1, 0.15) is 37.5 Å². The average molecular weight is 182 g/mol. The summed E-state index contributed by atoms with van der Waals surface area (Å²) >= 11 is 0. The van der Waals surface area contributed by atoms with Gasteiger partial charge in [0.2, 0.25) is 5.89 Å². The van der Waals surface area contributed by atoms with E-state index in [0.717, 1.165) is 18.6 Å². The number of aromatic nitrogens is 1. The van der Waals surface area contributed by atoms with Crippen molar-refractivity contribution in [3.63, 3.8) is 0 Å². The molecule has 0 saturated carbocycles. The zero-order valence-electron chi connectivity index (χ0n) is 7.69. The lowest BCUT2D eigenvalue weighted by Gasteiger charge is -2.06. The van der Waals surface area contributed by atoms with Crippen LogP contribution in [-0.2, 0) is 11.3 Å². The quantitative estimate of drug-likeness (QED) is 0.750. The van der Waals surface area contributed by atoms with Crippen LogP contribution >= 0.6 is 0 Å². The highest BCUT2D eigenvalue weighted by Crippen LogP contribution is 2.32. The fourth-order valence-corrected chi connectivity index (χ4v) is 1.58. The molecule has 0 aliphatic carbocycles. The number of hydrogen-bond donors (Lipinski definition) is 1. The van der Waals surface area contributed by atoms with Gasteiger partial charge >= 0.3 is 0 Å². The first-order valence-corrected chi connectivity index (χ1v) is 4.59. The molecule has 2 unspecified atom stereocenters. The largest absolute Gasteiger partial charge is 0.442 e. The molecule has 13 heavy (non-hydrogen) atoms. The highest BCUT2D eigenvalue weighted by Gasteiger charge is 2.26. The molecule has 1 saturated heterocycles. The third-order valence-electron chi connectivity index (χ3n) is 2.30. The molecule has 1 aliphatic rings. The summed E-state index contributed by atoms with van der Waals surface area (Å²) in [5.74, 6) is 1.39. The van der Waals surface area contributed by atoms with Crippen molar-refractivity contribution in [2.75, 3.05) is 0 Å². The fourth-order valence-electron chi connectivity index (χ4n) is 1.58. The lowest BCUT2D eigenvalue weighted by Crippen LogP contribution is -2.00. The van der Waals surface area contributed by atoms with Crippen molar-refractivity contribution in [2.45, 2.75) is 38.5 Å². The first kappa shape index (κ1) is 8.72. The number of nitrogens with two attached hydrogens (primary N) is 1. The van der Waals surface area contributed by atoms with E-state index in [1.54, 1.807) is 6.20 Å². The van der Waals surface area contributed by atoms with E-state index in [2.05, 4.69) is 11.9 Å². The minimum Gasteiger partial charge on any atom is -0.442 e. The molecule has 4 nitrogen and oxygen atoms in total. The predicted molar refractivity (Wildman–Crippen MR) is 46.9 cm³/mol. The summed E-state index contributed by atoms with van der Waals surface area (Å²) in [6, 6.07) is 0. The van der Waals surface area contributed by atoms with Crippen LogP contribution in [0, 0.1) is 0 Å². The van der Waals surface area contributed by atoms with Gasteiger partial charge in [0.1, 0.15) is 6.10 Å². The molecule has 0 amide bonds. The average Bonchev–Trinajstić information content (AvgIpc) is 2.71. The maximum Gasteiger partial charge on any atom is 0.208 e. The number of ether oxygens (including phenoxy) is 1. The minimum absolute atomic E-state index is 0.0859. The summed E-state index contributed by atoms with van der Waals surface area (Å²) in [6.07, 6.45) is 4.23. The molecule has 0 bridgehead atoms. The van der Waals surface area contributed by atoms with Crippen LogP contribution in [0.4, 0.5) is 0 Å². The van der Waals surface area contributed by atoms with E-state index in [-0.39, 0.29) is 6.10 Å². The smallest absolute Gasteiger partial charge is 0.208 e. The van der Waals surface area contributed by atoms with Crippen molar-refractivity contribution in [1.29, 1.82) is 0 Å². The molecule has 1 fully saturated rings. The molecule has 2 rings (SSSR count). The zero-order chi connectivity index (χ0) is 9.26. The van der Waals surface area contributed by atoms with E-state index in [1.165, 1.54) is 0 Å². The number of rotatable bonds is 2. The van der Waals surface area contributed by atoms with Crippen LogP contribution in [0.2, 0.25) is 0 Å². The molecule has 2 heterocycles. The molecule has 1 aromatic heterocycles. The van der Waals surface area contributed by atoms with E-state index >= 15 is 0 Å². The van der Waals surface area contributed by atoms with Crippen molar-refractivity contribution in [3.8, 4) is 0 Å². The van der Waals surface area contributed by atoms with Gasteiger partial charge < -0.3 is 14.9 Å². The normalized spacial score (nSPS) is 28.2. The molecule has 72 valence electrons. The predicted octanol–water partition coefficient (Wildman–Crippen LogP) is 1.37. The van der Waals surface area contributed by atoms with E-state index < -0.39 is 0 Å². The number of hydrogen-bond acceptors (Lipinski definition) is 4. The van der Waals surface area contributed by atoms with Gasteiger partial charge in [0, 0.05) is 0 Å². The second-order valence-electron chi connectivity index (χ2n) is 3.37. The van der Waals surface area contributed by atoms with Gasteiger partial charge in [-0.3, -0.25) is 0 Å². The van der Waals surface area contributed by atoms with E-state index in [1.807, 2.05) is 0 Å². The third kappa shape index (κ3) is 1.73. The fraction of sp³-hybridized carbons (Fsp3) is 0.667. The Morgan fingerprint density at radius 2 is 2.46 bits per heavy atom. The molecule has 0 spiro atoms. The van der Waals surface area contributed by atoms with Crippen LogP contribution in [0.5, 0.6) is 0 Å². The number of oxazole rings is 1. The van der Waals surface area contributed by atoms with Gasteiger partial charge in [-0.25, -0.2) is 4.98 Å². The van der Waals surface area contributed by atoms with Crippen molar-refractivity contribution < 1.29 is 9.15 Å². The van der Waals surface area contributed by atoms with Crippen LogP contribution in [0.3, 0.4) is 0 Å². The Balaban J connectivity index is 2.08. The highest BCUT2D eigenvalue weighted by atomic mass is 16.5.